The molecule has 1 rings (SSSR count). The average molecular weight is 194 g/mol. The Kier molecular flexibility index (Phi) is 3.34. The van der Waals surface area contributed by atoms with Crippen LogP contribution in [0.4, 0.5) is 11.4 Å². The number of benzene rings is 1. The lowest BCUT2D eigenvalue weighted by molar-refractivity contribution is -0.141. The third-order valence-electron chi connectivity index (χ3n) is 1.89. The predicted octanol–water partition coefficient (Wildman–Crippen LogP) is 1.24. The molecule has 0 amide bonds. The summed E-state index contributed by atoms with van der Waals surface area (Å²) in [5.41, 5.74) is 7.05. The molecule has 4 nitrogen and oxygen atoms in total. The third-order valence-corrected chi connectivity index (χ3v) is 1.89. The minimum Gasteiger partial charge on any atom is -0.467 e. The Hall–Kier alpha value is -1.71. The fourth-order valence-corrected chi connectivity index (χ4v) is 1.10. The smallest absolute Gasteiger partial charge is 0.327 e. The van der Waals surface area contributed by atoms with Crippen molar-refractivity contribution in [3.8, 4) is 0 Å². The maximum Gasteiger partial charge on any atom is 0.327 e. The number of rotatable bonds is 3. The van der Waals surface area contributed by atoms with E-state index in [2.05, 4.69) is 10.1 Å². The van der Waals surface area contributed by atoms with Crippen molar-refractivity contribution in [2.75, 3.05) is 18.2 Å². The second-order valence-electron chi connectivity index (χ2n) is 2.98. The normalized spacial score (nSPS) is 11.9. The van der Waals surface area contributed by atoms with Gasteiger partial charge < -0.3 is 15.8 Å². The first-order valence-electron chi connectivity index (χ1n) is 4.34. The average Bonchev–Trinajstić information content (AvgIpc) is 2.20. The van der Waals surface area contributed by atoms with E-state index in [1.54, 1.807) is 13.0 Å². The highest BCUT2D eigenvalue weighted by molar-refractivity contribution is 5.80. The molecule has 0 aliphatic heterocycles. The van der Waals surface area contributed by atoms with E-state index in [-0.39, 0.29) is 5.97 Å². The molecule has 0 radical (unpaired) electrons. The van der Waals surface area contributed by atoms with Crippen molar-refractivity contribution >= 4 is 17.3 Å². The van der Waals surface area contributed by atoms with E-state index in [9.17, 15) is 4.79 Å². The van der Waals surface area contributed by atoms with E-state index in [0.29, 0.717) is 5.69 Å². The fraction of sp³-hybridized carbons (Fsp3) is 0.300. The molecule has 0 fully saturated rings. The van der Waals surface area contributed by atoms with E-state index in [4.69, 9.17) is 5.73 Å². The third kappa shape index (κ3) is 2.39. The monoisotopic (exact) mass is 194 g/mol. The quantitative estimate of drug-likeness (QED) is 0.561. The molecule has 1 aromatic rings. The first-order chi connectivity index (χ1) is 6.65. The van der Waals surface area contributed by atoms with Crippen LogP contribution >= 0.6 is 0 Å². The molecule has 0 aliphatic carbocycles. The van der Waals surface area contributed by atoms with Crippen LogP contribution in [-0.2, 0) is 9.53 Å². The van der Waals surface area contributed by atoms with Gasteiger partial charge in [-0.05, 0) is 19.1 Å². The highest BCUT2D eigenvalue weighted by Crippen LogP contribution is 2.17. The Balaban J connectivity index is 2.69. The van der Waals surface area contributed by atoms with Crippen LogP contribution in [0.25, 0.3) is 0 Å². The molecule has 0 aliphatic rings. The van der Waals surface area contributed by atoms with Gasteiger partial charge in [0.25, 0.3) is 0 Å². The number of nitrogen functional groups attached to an aromatic ring is 1. The summed E-state index contributed by atoms with van der Waals surface area (Å²) in [4.78, 5) is 11.1. The number of esters is 1. The van der Waals surface area contributed by atoms with Crippen LogP contribution in [0.1, 0.15) is 6.92 Å². The maximum absolute atomic E-state index is 11.1. The number of carbonyl (C=O) groups is 1. The zero-order valence-corrected chi connectivity index (χ0v) is 8.28. The van der Waals surface area contributed by atoms with Gasteiger partial charge in [-0.3, -0.25) is 0 Å². The number of hydrogen-bond acceptors (Lipinski definition) is 4. The summed E-state index contributed by atoms with van der Waals surface area (Å²) < 4.78 is 4.58. The Bertz CT molecular complexity index is 326. The van der Waals surface area contributed by atoms with E-state index in [0.717, 1.165) is 5.69 Å². The number of anilines is 2. The highest BCUT2D eigenvalue weighted by atomic mass is 16.5. The number of nitrogens with two attached hydrogens (primary N) is 1. The first kappa shape index (κ1) is 10.4. The van der Waals surface area contributed by atoms with Crippen LogP contribution < -0.4 is 11.1 Å². The molecule has 0 aromatic heterocycles. The molecule has 3 N–H and O–H groups in total. The van der Waals surface area contributed by atoms with E-state index in [1.807, 2.05) is 18.2 Å². The van der Waals surface area contributed by atoms with Crippen LogP contribution in [0.2, 0.25) is 0 Å². The van der Waals surface area contributed by atoms with Gasteiger partial charge in [0.1, 0.15) is 6.04 Å². The van der Waals surface area contributed by atoms with Crippen molar-refractivity contribution in [2.24, 2.45) is 0 Å². The van der Waals surface area contributed by atoms with E-state index < -0.39 is 6.04 Å². The predicted molar refractivity (Wildman–Crippen MR) is 56.0 cm³/mol. The number of nitrogens with one attached hydrogen (secondary N) is 1. The van der Waals surface area contributed by atoms with Crippen molar-refractivity contribution in [1.29, 1.82) is 0 Å². The molecule has 0 heterocycles. The highest BCUT2D eigenvalue weighted by Gasteiger charge is 2.12. The fourth-order valence-electron chi connectivity index (χ4n) is 1.10. The van der Waals surface area contributed by atoms with Gasteiger partial charge in [-0.2, -0.15) is 0 Å². The van der Waals surface area contributed by atoms with Crippen molar-refractivity contribution in [1.82, 2.24) is 0 Å². The number of carbonyl (C=O) groups excluding carboxylic acids is 1. The molecule has 14 heavy (non-hydrogen) atoms. The van der Waals surface area contributed by atoms with Crippen molar-refractivity contribution < 1.29 is 9.53 Å². The van der Waals surface area contributed by atoms with Crippen molar-refractivity contribution in [2.45, 2.75) is 13.0 Å². The van der Waals surface area contributed by atoms with Gasteiger partial charge in [-0.1, -0.05) is 12.1 Å². The second kappa shape index (κ2) is 4.50. The van der Waals surface area contributed by atoms with Gasteiger partial charge in [-0.15, -0.1) is 0 Å². The molecule has 0 bridgehead atoms. The molecule has 1 unspecified atom stereocenters. The largest absolute Gasteiger partial charge is 0.467 e. The SMILES string of the molecule is COC(=O)C(C)Nc1ccccc1N. The second-order valence-corrected chi connectivity index (χ2v) is 2.98. The molecule has 1 atom stereocenters. The lowest BCUT2D eigenvalue weighted by atomic mass is 10.2. The van der Waals surface area contributed by atoms with Crippen LogP contribution in [0.15, 0.2) is 24.3 Å². The summed E-state index contributed by atoms with van der Waals surface area (Å²) in [7, 11) is 1.36. The summed E-state index contributed by atoms with van der Waals surface area (Å²) in [6, 6.07) is 6.87. The molecular formula is C10H14N2O2. The topological polar surface area (TPSA) is 64.3 Å². The Morgan fingerprint density at radius 3 is 2.71 bits per heavy atom. The van der Waals surface area contributed by atoms with Gasteiger partial charge in [0.05, 0.1) is 18.5 Å². The van der Waals surface area contributed by atoms with Crippen LogP contribution in [-0.4, -0.2) is 19.1 Å². The molecule has 0 saturated heterocycles. The molecule has 0 saturated carbocycles. The summed E-state index contributed by atoms with van der Waals surface area (Å²) in [6.45, 7) is 1.72. The lowest BCUT2D eigenvalue weighted by Gasteiger charge is -2.14. The van der Waals surface area contributed by atoms with Crippen LogP contribution in [0.5, 0.6) is 0 Å². The Labute approximate surface area is 83.1 Å². The van der Waals surface area contributed by atoms with E-state index in [1.165, 1.54) is 7.11 Å². The standard InChI is InChI=1S/C10H14N2O2/c1-7(10(13)14-2)12-9-6-4-3-5-8(9)11/h3-7,12H,11H2,1-2H3. The number of para-hydroxylation sites is 2. The number of hydrogen-bond donors (Lipinski definition) is 2. The zero-order chi connectivity index (χ0) is 10.6. The summed E-state index contributed by atoms with van der Waals surface area (Å²) in [5.74, 6) is -0.312. The van der Waals surface area contributed by atoms with Crippen LogP contribution in [0.3, 0.4) is 0 Å². The summed E-state index contributed by atoms with van der Waals surface area (Å²) in [5, 5.41) is 2.96. The maximum atomic E-state index is 11.1. The Morgan fingerprint density at radius 2 is 2.14 bits per heavy atom. The number of methoxy groups -OCH3 is 1. The van der Waals surface area contributed by atoms with Crippen molar-refractivity contribution in [3.05, 3.63) is 24.3 Å². The lowest BCUT2D eigenvalue weighted by Crippen LogP contribution is -2.27. The van der Waals surface area contributed by atoms with Crippen LogP contribution in [0, 0.1) is 0 Å². The van der Waals surface area contributed by atoms with E-state index >= 15 is 0 Å². The molecule has 0 spiro atoms. The van der Waals surface area contributed by atoms with Gasteiger partial charge in [-0.25, -0.2) is 4.79 Å². The molecule has 76 valence electrons. The molecule has 1 aromatic carbocycles. The number of ether oxygens (including phenoxy) is 1. The zero-order valence-electron chi connectivity index (χ0n) is 8.28. The minimum atomic E-state index is -0.398. The summed E-state index contributed by atoms with van der Waals surface area (Å²) >= 11 is 0. The summed E-state index contributed by atoms with van der Waals surface area (Å²) in [6.07, 6.45) is 0. The van der Waals surface area contributed by atoms with Gasteiger partial charge in [0, 0.05) is 0 Å². The Morgan fingerprint density at radius 1 is 1.50 bits per heavy atom. The van der Waals surface area contributed by atoms with Crippen molar-refractivity contribution in [3.63, 3.8) is 0 Å². The van der Waals surface area contributed by atoms with Gasteiger partial charge in [0.15, 0.2) is 0 Å². The van der Waals surface area contributed by atoms with Gasteiger partial charge in [0.2, 0.25) is 0 Å². The molecular weight excluding hydrogens is 180 g/mol. The van der Waals surface area contributed by atoms with Gasteiger partial charge >= 0.3 is 5.97 Å². The molecule has 4 heteroatoms. The first-order valence-corrected chi connectivity index (χ1v) is 4.34. The minimum absolute atomic E-state index is 0.312.